The predicted molar refractivity (Wildman–Crippen MR) is 135 cm³/mol. The summed E-state index contributed by atoms with van der Waals surface area (Å²) in [7, 11) is -1.65. The highest BCUT2D eigenvalue weighted by Gasteiger charge is 2.29. The Morgan fingerprint density at radius 1 is 0.971 bits per heavy atom. The normalized spacial score (nSPS) is 18.2. The lowest BCUT2D eigenvalue weighted by molar-refractivity contribution is 0.0730. The van der Waals surface area contributed by atoms with Crippen molar-refractivity contribution >= 4 is 38.3 Å². The number of benzene rings is 2. The SMILES string of the molecule is Cc1c(C(=O)Nc2cc(S(=O)(=O)N3CCOCC3)ccc2N2CCN(C)CC2)oc2ccccc12. The Bertz CT molecular complexity index is 1340. The van der Waals surface area contributed by atoms with Crippen molar-refractivity contribution in [3.05, 3.63) is 53.8 Å². The first-order chi connectivity index (χ1) is 16.8. The molecule has 0 radical (unpaired) electrons. The van der Waals surface area contributed by atoms with Crippen LogP contribution in [0.1, 0.15) is 16.1 Å². The summed E-state index contributed by atoms with van der Waals surface area (Å²) in [6.07, 6.45) is 0. The molecule has 2 aromatic carbocycles. The van der Waals surface area contributed by atoms with E-state index in [0.717, 1.165) is 42.8 Å². The zero-order valence-corrected chi connectivity index (χ0v) is 20.8. The van der Waals surface area contributed by atoms with Gasteiger partial charge in [-0.15, -0.1) is 0 Å². The Balaban J connectivity index is 1.51. The van der Waals surface area contributed by atoms with E-state index in [1.165, 1.54) is 4.31 Å². The number of nitrogens with one attached hydrogen (secondary N) is 1. The number of morpholine rings is 1. The molecule has 9 nitrogen and oxygen atoms in total. The molecule has 186 valence electrons. The third-order valence-electron chi connectivity index (χ3n) is 6.72. The van der Waals surface area contributed by atoms with Crippen LogP contribution < -0.4 is 10.2 Å². The summed E-state index contributed by atoms with van der Waals surface area (Å²) in [5.74, 6) is -0.188. The lowest BCUT2D eigenvalue weighted by atomic mass is 10.1. The molecule has 0 unspecified atom stereocenters. The summed E-state index contributed by atoms with van der Waals surface area (Å²) < 4.78 is 39.2. The fourth-order valence-corrected chi connectivity index (χ4v) is 6.04. The topological polar surface area (TPSA) is 95.3 Å². The summed E-state index contributed by atoms with van der Waals surface area (Å²) in [4.78, 5) is 17.9. The second-order valence-corrected chi connectivity index (χ2v) is 10.9. The van der Waals surface area contributed by atoms with E-state index in [1.807, 2.05) is 31.2 Å². The number of nitrogens with zero attached hydrogens (tertiary/aromatic N) is 3. The van der Waals surface area contributed by atoms with E-state index in [-0.39, 0.29) is 10.7 Å². The molecule has 2 aliphatic heterocycles. The van der Waals surface area contributed by atoms with Gasteiger partial charge in [-0.05, 0) is 38.2 Å². The number of hydrogen-bond donors (Lipinski definition) is 1. The predicted octanol–water partition coefficient (Wildman–Crippen LogP) is 2.77. The molecule has 0 saturated carbocycles. The summed E-state index contributed by atoms with van der Waals surface area (Å²) in [5, 5.41) is 3.83. The number of aryl methyl sites for hydroxylation is 1. The van der Waals surface area contributed by atoms with Gasteiger partial charge in [0, 0.05) is 50.2 Å². The molecular formula is C25H30N4O5S. The van der Waals surface area contributed by atoms with Gasteiger partial charge in [0.05, 0.1) is 29.5 Å². The molecule has 1 aromatic heterocycles. The second kappa shape index (κ2) is 9.62. The molecule has 0 aliphatic carbocycles. The van der Waals surface area contributed by atoms with Crippen molar-refractivity contribution in [2.75, 3.05) is 69.7 Å². The fraction of sp³-hybridized carbons (Fsp3) is 0.400. The molecule has 2 aliphatic rings. The van der Waals surface area contributed by atoms with Crippen molar-refractivity contribution in [3.8, 4) is 0 Å². The number of likely N-dealkylation sites (N-methyl/N-ethyl adjacent to an activating group) is 1. The van der Waals surface area contributed by atoms with Crippen LogP contribution in [0.3, 0.4) is 0 Å². The molecule has 10 heteroatoms. The summed E-state index contributed by atoms with van der Waals surface area (Å²) in [6.45, 7) is 6.51. The number of ether oxygens (including phenoxy) is 1. The maximum atomic E-state index is 13.3. The number of carbonyl (C=O) groups is 1. The number of hydrogen-bond acceptors (Lipinski definition) is 7. The number of fused-ring (bicyclic) bond motifs is 1. The van der Waals surface area contributed by atoms with Gasteiger partial charge in [0.15, 0.2) is 5.76 Å². The number of piperazine rings is 1. The zero-order chi connectivity index (χ0) is 24.6. The summed E-state index contributed by atoms with van der Waals surface area (Å²) >= 11 is 0. The lowest BCUT2D eigenvalue weighted by Gasteiger charge is -2.35. The third-order valence-corrected chi connectivity index (χ3v) is 8.61. The average molecular weight is 499 g/mol. The number of sulfonamides is 1. The monoisotopic (exact) mass is 498 g/mol. The minimum absolute atomic E-state index is 0.147. The lowest BCUT2D eigenvalue weighted by Crippen LogP contribution is -2.44. The van der Waals surface area contributed by atoms with Crippen LogP contribution in [0.2, 0.25) is 0 Å². The standard InChI is InChI=1S/C25H30N4O5S/c1-18-20-5-3-4-6-23(20)34-24(18)25(30)26-21-17-19(35(31,32)29-13-15-33-16-14-29)7-8-22(21)28-11-9-27(2)10-12-28/h3-8,17H,9-16H2,1-2H3,(H,26,30). The Hall–Kier alpha value is -2.92. The number of furan rings is 1. The van der Waals surface area contributed by atoms with Crippen molar-refractivity contribution in [1.82, 2.24) is 9.21 Å². The number of para-hydroxylation sites is 1. The molecule has 0 bridgehead atoms. The molecule has 0 atom stereocenters. The van der Waals surface area contributed by atoms with E-state index in [4.69, 9.17) is 9.15 Å². The highest BCUT2D eigenvalue weighted by atomic mass is 32.2. The minimum atomic E-state index is -3.72. The van der Waals surface area contributed by atoms with E-state index < -0.39 is 15.9 Å². The minimum Gasteiger partial charge on any atom is -0.451 e. The van der Waals surface area contributed by atoms with Crippen LogP contribution in [0.4, 0.5) is 11.4 Å². The first-order valence-electron chi connectivity index (χ1n) is 11.8. The van der Waals surface area contributed by atoms with E-state index in [1.54, 1.807) is 18.2 Å². The van der Waals surface area contributed by atoms with Gasteiger partial charge in [0.1, 0.15) is 5.58 Å². The molecule has 3 aromatic rings. The number of carbonyl (C=O) groups excluding carboxylic acids is 1. The molecule has 3 heterocycles. The van der Waals surface area contributed by atoms with Gasteiger partial charge in [-0.1, -0.05) is 18.2 Å². The summed E-state index contributed by atoms with van der Waals surface area (Å²) in [5.41, 5.74) is 2.63. The van der Waals surface area contributed by atoms with E-state index in [0.29, 0.717) is 37.6 Å². The molecule has 2 fully saturated rings. The van der Waals surface area contributed by atoms with Crippen LogP contribution in [0.25, 0.3) is 11.0 Å². The first kappa shape index (κ1) is 23.8. The van der Waals surface area contributed by atoms with E-state index in [2.05, 4.69) is 22.2 Å². The molecule has 0 spiro atoms. The van der Waals surface area contributed by atoms with Crippen LogP contribution >= 0.6 is 0 Å². The zero-order valence-electron chi connectivity index (χ0n) is 20.0. The first-order valence-corrected chi connectivity index (χ1v) is 13.2. The maximum Gasteiger partial charge on any atom is 0.291 e. The second-order valence-electron chi connectivity index (χ2n) is 8.99. The Morgan fingerprint density at radius 2 is 1.69 bits per heavy atom. The summed E-state index contributed by atoms with van der Waals surface area (Å²) in [6, 6.07) is 12.5. The molecule has 5 rings (SSSR count). The van der Waals surface area contributed by atoms with Crippen molar-refractivity contribution in [2.24, 2.45) is 0 Å². The quantitative estimate of drug-likeness (QED) is 0.578. The van der Waals surface area contributed by atoms with Crippen LogP contribution in [-0.4, -0.2) is 83.1 Å². The van der Waals surface area contributed by atoms with E-state index in [9.17, 15) is 13.2 Å². The van der Waals surface area contributed by atoms with Gasteiger partial charge < -0.3 is 24.3 Å². The van der Waals surface area contributed by atoms with Crippen LogP contribution in [0.5, 0.6) is 0 Å². The van der Waals surface area contributed by atoms with Gasteiger partial charge in [-0.2, -0.15) is 4.31 Å². The Labute approximate surface area is 205 Å². The van der Waals surface area contributed by atoms with Crippen LogP contribution in [-0.2, 0) is 14.8 Å². The van der Waals surface area contributed by atoms with Gasteiger partial charge >= 0.3 is 0 Å². The smallest absolute Gasteiger partial charge is 0.291 e. The third kappa shape index (κ3) is 4.66. The van der Waals surface area contributed by atoms with E-state index >= 15 is 0 Å². The van der Waals surface area contributed by atoms with Crippen molar-refractivity contribution in [3.63, 3.8) is 0 Å². The number of amides is 1. The molecular weight excluding hydrogens is 468 g/mol. The molecule has 1 N–H and O–H groups in total. The van der Waals surface area contributed by atoms with Crippen LogP contribution in [0.15, 0.2) is 51.8 Å². The van der Waals surface area contributed by atoms with Gasteiger partial charge in [-0.3, -0.25) is 4.79 Å². The number of anilines is 2. The Morgan fingerprint density at radius 3 is 2.40 bits per heavy atom. The molecule has 1 amide bonds. The molecule has 2 saturated heterocycles. The van der Waals surface area contributed by atoms with Crippen molar-refractivity contribution in [2.45, 2.75) is 11.8 Å². The van der Waals surface area contributed by atoms with Gasteiger partial charge in [0.25, 0.3) is 5.91 Å². The maximum absolute atomic E-state index is 13.3. The Kier molecular flexibility index (Phi) is 6.54. The number of rotatable bonds is 5. The van der Waals surface area contributed by atoms with Gasteiger partial charge in [-0.25, -0.2) is 8.42 Å². The van der Waals surface area contributed by atoms with Crippen LogP contribution in [0, 0.1) is 6.92 Å². The largest absolute Gasteiger partial charge is 0.451 e. The highest BCUT2D eigenvalue weighted by molar-refractivity contribution is 7.89. The van der Waals surface area contributed by atoms with Crippen molar-refractivity contribution < 1.29 is 22.4 Å². The van der Waals surface area contributed by atoms with Gasteiger partial charge in [0.2, 0.25) is 10.0 Å². The highest BCUT2D eigenvalue weighted by Crippen LogP contribution is 2.33. The fourth-order valence-electron chi connectivity index (χ4n) is 4.60. The average Bonchev–Trinajstić information content (AvgIpc) is 3.22. The molecule has 35 heavy (non-hydrogen) atoms. The van der Waals surface area contributed by atoms with Crippen molar-refractivity contribution in [1.29, 1.82) is 0 Å².